The number of carbonyl (C=O) groups is 1. The molecule has 0 amide bonds. The summed E-state index contributed by atoms with van der Waals surface area (Å²) in [5.41, 5.74) is 0. The van der Waals surface area contributed by atoms with Crippen LogP contribution in [0.3, 0.4) is 0 Å². The number of piperidine rings is 1. The Hall–Kier alpha value is -0.570. The van der Waals surface area contributed by atoms with Crippen molar-refractivity contribution in [3.05, 3.63) is 0 Å². The Morgan fingerprint density at radius 1 is 1.12 bits per heavy atom. The third-order valence-electron chi connectivity index (χ3n) is 4.01. The van der Waals surface area contributed by atoms with E-state index >= 15 is 0 Å². The molecule has 1 aliphatic carbocycles. The molecule has 0 spiro atoms. The van der Waals surface area contributed by atoms with Crippen LogP contribution in [0.25, 0.3) is 0 Å². The molecular weight excluding hydrogens is 214 g/mol. The van der Waals surface area contributed by atoms with Crippen molar-refractivity contribution < 1.29 is 9.53 Å². The Kier molecular flexibility index (Phi) is 4.43. The molecule has 0 aromatic rings. The smallest absolute Gasteiger partial charge is 0.323 e. The van der Waals surface area contributed by atoms with Crippen molar-refractivity contribution in [1.82, 2.24) is 5.32 Å². The zero-order valence-corrected chi connectivity index (χ0v) is 11.1. The maximum absolute atomic E-state index is 12.0. The van der Waals surface area contributed by atoms with E-state index in [1.807, 2.05) is 0 Å². The second kappa shape index (κ2) is 5.85. The van der Waals surface area contributed by atoms with Gasteiger partial charge in [0.2, 0.25) is 0 Å². The zero-order valence-electron chi connectivity index (χ0n) is 11.1. The van der Waals surface area contributed by atoms with Gasteiger partial charge in [-0.3, -0.25) is 4.79 Å². The number of esters is 1. The van der Waals surface area contributed by atoms with E-state index in [0.29, 0.717) is 11.8 Å². The summed E-state index contributed by atoms with van der Waals surface area (Å²) in [6.07, 6.45) is 6.79. The van der Waals surface area contributed by atoms with Gasteiger partial charge in [-0.25, -0.2) is 0 Å². The Morgan fingerprint density at radius 2 is 1.82 bits per heavy atom. The van der Waals surface area contributed by atoms with Crippen molar-refractivity contribution in [2.24, 2.45) is 11.8 Å². The summed E-state index contributed by atoms with van der Waals surface area (Å²) in [7, 11) is 0. The highest BCUT2D eigenvalue weighted by Crippen LogP contribution is 2.30. The van der Waals surface area contributed by atoms with Crippen molar-refractivity contribution >= 4 is 5.97 Å². The van der Waals surface area contributed by atoms with Crippen LogP contribution in [0.1, 0.15) is 52.4 Å². The van der Waals surface area contributed by atoms with E-state index < -0.39 is 0 Å². The largest absolute Gasteiger partial charge is 0.461 e. The van der Waals surface area contributed by atoms with Gasteiger partial charge in [-0.2, -0.15) is 0 Å². The van der Waals surface area contributed by atoms with Gasteiger partial charge in [0.25, 0.3) is 0 Å². The van der Waals surface area contributed by atoms with Crippen LogP contribution in [0.2, 0.25) is 0 Å². The molecule has 98 valence electrons. The molecule has 1 aliphatic heterocycles. The van der Waals surface area contributed by atoms with Crippen LogP contribution < -0.4 is 5.32 Å². The molecule has 2 aliphatic rings. The Bertz CT molecular complexity index is 251. The van der Waals surface area contributed by atoms with Crippen molar-refractivity contribution in [1.29, 1.82) is 0 Å². The van der Waals surface area contributed by atoms with Crippen molar-refractivity contribution in [2.75, 3.05) is 6.54 Å². The van der Waals surface area contributed by atoms with Gasteiger partial charge >= 0.3 is 5.97 Å². The lowest BCUT2D eigenvalue weighted by molar-refractivity contribution is -0.155. The second-order valence-electron chi connectivity index (χ2n) is 5.98. The number of hydrogen-bond acceptors (Lipinski definition) is 3. The minimum Gasteiger partial charge on any atom is -0.461 e. The van der Waals surface area contributed by atoms with E-state index in [1.165, 1.54) is 12.8 Å². The Balaban J connectivity index is 1.80. The summed E-state index contributed by atoms with van der Waals surface area (Å²) < 4.78 is 5.67. The zero-order chi connectivity index (χ0) is 12.3. The fraction of sp³-hybridized carbons (Fsp3) is 0.929. The van der Waals surface area contributed by atoms with Crippen LogP contribution in [0.15, 0.2) is 0 Å². The molecule has 2 rings (SSSR count). The maximum atomic E-state index is 12.0. The maximum Gasteiger partial charge on any atom is 0.323 e. The number of hydrogen-bond donors (Lipinski definition) is 1. The molecule has 3 atom stereocenters. The van der Waals surface area contributed by atoms with Crippen LogP contribution >= 0.6 is 0 Å². The van der Waals surface area contributed by atoms with Crippen molar-refractivity contribution in [2.45, 2.75) is 64.5 Å². The molecule has 0 radical (unpaired) electrons. The van der Waals surface area contributed by atoms with Gasteiger partial charge in [0, 0.05) is 0 Å². The highest BCUT2D eigenvalue weighted by molar-refractivity contribution is 5.76. The molecule has 1 heterocycles. The fourth-order valence-corrected chi connectivity index (χ4v) is 3.27. The minimum absolute atomic E-state index is 0.0176. The van der Waals surface area contributed by atoms with Crippen molar-refractivity contribution in [3.63, 3.8) is 0 Å². The monoisotopic (exact) mass is 239 g/mol. The first-order chi connectivity index (χ1) is 8.15. The van der Waals surface area contributed by atoms with Gasteiger partial charge in [-0.1, -0.05) is 20.3 Å². The first kappa shape index (κ1) is 12.9. The van der Waals surface area contributed by atoms with E-state index in [9.17, 15) is 4.79 Å². The lowest BCUT2D eigenvalue weighted by Crippen LogP contribution is -2.43. The lowest BCUT2D eigenvalue weighted by atomic mass is 9.82. The normalized spacial score (nSPS) is 38.7. The van der Waals surface area contributed by atoms with Crippen LogP contribution in [0, 0.1) is 11.8 Å². The van der Waals surface area contributed by atoms with E-state index in [4.69, 9.17) is 4.74 Å². The fourth-order valence-electron chi connectivity index (χ4n) is 3.27. The van der Waals surface area contributed by atoms with E-state index in [0.717, 1.165) is 32.2 Å². The van der Waals surface area contributed by atoms with Gasteiger partial charge < -0.3 is 10.1 Å². The molecule has 3 nitrogen and oxygen atoms in total. The topological polar surface area (TPSA) is 38.3 Å². The van der Waals surface area contributed by atoms with Gasteiger partial charge in [-0.15, -0.1) is 0 Å². The minimum atomic E-state index is -0.0451. The molecule has 17 heavy (non-hydrogen) atoms. The van der Waals surface area contributed by atoms with Crippen LogP contribution in [-0.4, -0.2) is 24.7 Å². The number of nitrogens with one attached hydrogen (secondary N) is 1. The first-order valence-electron chi connectivity index (χ1n) is 7.09. The standard InChI is InChI=1S/C14H25NO2/c1-10-7-11(2)9-12(8-10)17-14(16)13-5-3-4-6-15-13/h10-13,15H,3-9H2,1-2H3/t10?,11?,12?,13-/m0/s1. The summed E-state index contributed by atoms with van der Waals surface area (Å²) in [6, 6.07) is -0.0451. The summed E-state index contributed by atoms with van der Waals surface area (Å²) >= 11 is 0. The van der Waals surface area contributed by atoms with Gasteiger partial charge in [0.15, 0.2) is 0 Å². The predicted molar refractivity (Wildman–Crippen MR) is 67.7 cm³/mol. The molecule has 0 bridgehead atoms. The first-order valence-corrected chi connectivity index (χ1v) is 7.09. The Morgan fingerprint density at radius 3 is 2.41 bits per heavy atom. The van der Waals surface area contributed by atoms with Crippen molar-refractivity contribution in [3.8, 4) is 0 Å². The molecule has 0 aromatic carbocycles. The van der Waals surface area contributed by atoms with Crippen LogP contribution in [0.4, 0.5) is 0 Å². The Labute approximate surface area is 104 Å². The SMILES string of the molecule is CC1CC(C)CC(OC(=O)[C@@H]2CCCCN2)C1. The summed E-state index contributed by atoms with van der Waals surface area (Å²) in [6.45, 7) is 5.47. The molecule has 2 fully saturated rings. The highest BCUT2D eigenvalue weighted by atomic mass is 16.5. The molecule has 0 aromatic heterocycles. The molecule has 1 saturated carbocycles. The van der Waals surface area contributed by atoms with Gasteiger partial charge in [0.05, 0.1) is 0 Å². The van der Waals surface area contributed by atoms with E-state index in [1.54, 1.807) is 0 Å². The van der Waals surface area contributed by atoms with E-state index in [2.05, 4.69) is 19.2 Å². The molecule has 2 unspecified atom stereocenters. The number of rotatable bonds is 2. The van der Waals surface area contributed by atoms with Crippen LogP contribution in [-0.2, 0) is 9.53 Å². The van der Waals surface area contributed by atoms with Gasteiger partial charge in [0.1, 0.15) is 12.1 Å². The number of carbonyl (C=O) groups excluding carboxylic acids is 1. The quantitative estimate of drug-likeness (QED) is 0.752. The summed E-state index contributed by atoms with van der Waals surface area (Å²) in [5, 5.41) is 3.26. The summed E-state index contributed by atoms with van der Waals surface area (Å²) in [5.74, 6) is 1.36. The van der Waals surface area contributed by atoms with Gasteiger partial charge in [-0.05, 0) is 50.5 Å². The second-order valence-corrected chi connectivity index (χ2v) is 5.98. The molecule has 1 N–H and O–H groups in total. The third-order valence-corrected chi connectivity index (χ3v) is 4.01. The average molecular weight is 239 g/mol. The third kappa shape index (κ3) is 3.70. The lowest BCUT2D eigenvalue weighted by Gasteiger charge is -2.32. The predicted octanol–water partition coefficient (Wildman–Crippen LogP) is 2.50. The number of ether oxygens (including phenoxy) is 1. The molecule has 1 saturated heterocycles. The highest BCUT2D eigenvalue weighted by Gasteiger charge is 2.29. The van der Waals surface area contributed by atoms with Crippen LogP contribution in [0.5, 0.6) is 0 Å². The molecular formula is C14H25NO2. The van der Waals surface area contributed by atoms with E-state index in [-0.39, 0.29) is 18.1 Å². The average Bonchev–Trinajstić information content (AvgIpc) is 2.28. The molecule has 3 heteroatoms. The summed E-state index contributed by atoms with van der Waals surface area (Å²) in [4.78, 5) is 12.0.